The smallest absolute Gasteiger partial charge is 0.242 e. The molecule has 0 aliphatic rings. The molecular formula is C17H23N3O3S2. The van der Waals surface area contributed by atoms with E-state index in [-0.39, 0.29) is 16.8 Å². The highest BCUT2D eigenvalue weighted by molar-refractivity contribution is 7.89. The monoisotopic (exact) mass is 381 g/mol. The second-order valence-corrected chi connectivity index (χ2v) is 9.16. The molecule has 1 N–H and O–H groups in total. The van der Waals surface area contributed by atoms with E-state index in [1.54, 1.807) is 23.5 Å². The summed E-state index contributed by atoms with van der Waals surface area (Å²) in [6, 6.07) is 9.94. The second-order valence-electron chi connectivity index (χ2n) is 5.97. The molecule has 8 heteroatoms. The standard InChI is InChI=1S/C17H23N3O3S2/c1-13(20(4)12-15-8-6-10-24-15)17(21)18-14-7-5-9-16(11-14)25(22,23)19(2)3/h5-11,13H,12H2,1-4H3,(H,18,21)/t13-/m1/s1. The maximum Gasteiger partial charge on any atom is 0.242 e. The summed E-state index contributed by atoms with van der Waals surface area (Å²) in [5.74, 6) is -0.182. The van der Waals surface area contributed by atoms with Gasteiger partial charge in [-0.3, -0.25) is 9.69 Å². The molecule has 25 heavy (non-hydrogen) atoms. The van der Waals surface area contributed by atoms with Crippen LogP contribution in [0.3, 0.4) is 0 Å². The molecule has 0 unspecified atom stereocenters. The summed E-state index contributed by atoms with van der Waals surface area (Å²) >= 11 is 1.65. The van der Waals surface area contributed by atoms with Gasteiger partial charge in [-0.05, 0) is 43.6 Å². The summed E-state index contributed by atoms with van der Waals surface area (Å²) in [5.41, 5.74) is 0.462. The molecule has 1 aromatic heterocycles. The van der Waals surface area contributed by atoms with Crippen molar-refractivity contribution in [3.63, 3.8) is 0 Å². The van der Waals surface area contributed by atoms with Gasteiger partial charge in [0.15, 0.2) is 0 Å². The molecule has 1 amide bonds. The first-order valence-corrected chi connectivity index (χ1v) is 10.1. The first-order valence-electron chi connectivity index (χ1n) is 7.78. The predicted molar refractivity (Wildman–Crippen MR) is 101 cm³/mol. The van der Waals surface area contributed by atoms with Crippen LogP contribution in [0.5, 0.6) is 0 Å². The number of anilines is 1. The molecular weight excluding hydrogens is 358 g/mol. The zero-order valence-electron chi connectivity index (χ0n) is 14.8. The lowest BCUT2D eigenvalue weighted by Crippen LogP contribution is -2.39. The van der Waals surface area contributed by atoms with Gasteiger partial charge in [0.1, 0.15) is 0 Å². The molecule has 0 aliphatic carbocycles. The number of carbonyl (C=O) groups excluding carboxylic acids is 1. The lowest BCUT2D eigenvalue weighted by Gasteiger charge is -2.23. The quantitative estimate of drug-likeness (QED) is 0.800. The Hall–Kier alpha value is -1.74. The van der Waals surface area contributed by atoms with E-state index in [4.69, 9.17) is 0 Å². The fourth-order valence-electron chi connectivity index (χ4n) is 2.18. The van der Waals surface area contributed by atoms with Crippen LogP contribution in [0, 0.1) is 0 Å². The number of benzene rings is 1. The highest BCUT2D eigenvalue weighted by Gasteiger charge is 2.20. The van der Waals surface area contributed by atoms with E-state index in [9.17, 15) is 13.2 Å². The average Bonchev–Trinajstić information content (AvgIpc) is 3.07. The zero-order chi connectivity index (χ0) is 18.6. The van der Waals surface area contributed by atoms with Crippen molar-refractivity contribution < 1.29 is 13.2 Å². The predicted octanol–water partition coefficient (Wildman–Crippen LogP) is 2.46. The van der Waals surface area contributed by atoms with Gasteiger partial charge < -0.3 is 5.32 Å². The van der Waals surface area contributed by atoms with E-state index in [0.29, 0.717) is 12.2 Å². The van der Waals surface area contributed by atoms with Crippen molar-refractivity contribution in [2.75, 3.05) is 26.5 Å². The Morgan fingerprint density at radius 3 is 2.52 bits per heavy atom. The first kappa shape index (κ1) is 19.6. The molecule has 2 rings (SSSR count). The second kappa shape index (κ2) is 8.09. The van der Waals surface area contributed by atoms with Crippen LogP contribution in [-0.2, 0) is 21.4 Å². The van der Waals surface area contributed by atoms with Gasteiger partial charge >= 0.3 is 0 Å². The van der Waals surface area contributed by atoms with E-state index in [2.05, 4.69) is 5.32 Å². The Labute approximate surface area is 153 Å². The Morgan fingerprint density at radius 1 is 1.20 bits per heavy atom. The topological polar surface area (TPSA) is 69.7 Å². The molecule has 0 fully saturated rings. The fraction of sp³-hybridized carbons (Fsp3) is 0.353. The highest BCUT2D eigenvalue weighted by atomic mass is 32.2. The number of thiophene rings is 1. The van der Waals surface area contributed by atoms with Crippen LogP contribution < -0.4 is 5.32 Å². The van der Waals surface area contributed by atoms with Crippen molar-refractivity contribution >= 4 is 33.0 Å². The molecule has 0 bridgehead atoms. The minimum atomic E-state index is -3.53. The molecule has 0 saturated heterocycles. The third-order valence-electron chi connectivity index (χ3n) is 3.91. The van der Waals surface area contributed by atoms with Gasteiger partial charge in [-0.2, -0.15) is 0 Å². The molecule has 1 atom stereocenters. The molecule has 0 spiro atoms. The van der Waals surface area contributed by atoms with Gasteiger partial charge in [0.25, 0.3) is 0 Å². The number of rotatable bonds is 7. The Kier molecular flexibility index (Phi) is 6.34. The Bertz CT molecular complexity index is 817. The van der Waals surface area contributed by atoms with Gasteiger partial charge in [0, 0.05) is 31.2 Å². The van der Waals surface area contributed by atoms with E-state index in [1.807, 2.05) is 36.4 Å². The summed E-state index contributed by atoms with van der Waals surface area (Å²) in [7, 11) is 1.30. The molecule has 0 radical (unpaired) electrons. The van der Waals surface area contributed by atoms with Crippen molar-refractivity contribution in [1.29, 1.82) is 0 Å². The number of amides is 1. The van der Waals surface area contributed by atoms with E-state index >= 15 is 0 Å². The van der Waals surface area contributed by atoms with Gasteiger partial charge in [-0.25, -0.2) is 12.7 Å². The van der Waals surface area contributed by atoms with Crippen LogP contribution in [0.25, 0.3) is 0 Å². The van der Waals surface area contributed by atoms with Crippen LogP contribution in [-0.4, -0.2) is 50.7 Å². The van der Waals surface area contributed by atoms with Crippen LogP contribution in [0.1, 0.15) is 11.8 Å². The third kappa shape index (κ3) is 4.88. The number of nitrogens with zero attached hydrogens (tertiary/aromatic N) is 2. The number of sulfonamides is 1. The van der Waals surface area contributed by atoms with Crippen LogP contribution in [0.2, 0.25) is 0 Å². The maximum absolute atomic E-state index is 12.5. The summed E-state index contributed by atoms with van der Waals surface area (Å²) in [5, 5.41) is 4.80. The van der Waals surface area contributed by atoms with Crippen molar-refractivity contribution in [1.82, 2.24) is 9.21 Å². The van der Waals surface area contributed by atoms with Crippen molar-refractivity contribution in [3.05, 3.63) is 46.7 Å². The van der Waals surface area contributed by atoms with E-state index in [0.717, 1.165) is 4.31 Å². The maximum atomic E-state index is 12.5. The lowest BCUT2D eigenvalue weighted by molar-refractivity contribution is -0.120. The molecule has 2 aromatic rings. The summed E-state index contributed by atoms with van der Waals surface area (Å²) in [6.07, 6.45) is 0. The molecule has 6 nitrogen and oxygen atoms in total. The first-order chi connectivity index (χ1) is 11.7. The largest absolute Gasteiger partial charge is 0.325 e. The highest BCUT2D eigenvalue weighted by Crippen LogP contribution is 2.19. The van der Waals surface area contributed by atoms with Crippen molar-refractivity contribution in [2.45, 2.75) is 24.4 Å². The Balaban J connectivity index is 2.07. The minimum Gasteiger partial charge on any atom is -0.325 e. The summed E-state index contributed by atoms with van der Waals surface area (Å²) in [6.45, 7) is 2.50. The van der Waals surface area contributed by atoms with Gasteiger partial charge in [0.05, 0.1) is 10.9 Å². The van der Waals surface area contributed by atoms with Crippen LogP contribution in [0.4, 0.5) is 5.69 Å². The van der Waals surface area contributed by atoms with Crippen molar-refractivity contribution in [3.8, 4) is 0 Å². The molecule has 1 heterocycles. The number of likely N-dealkylation sites (N-methyl/N-ethyl adjacent to an activating group) is 1. The fourth-order valence-corrected chi connectivity index (χ4v) is 3.89. The number of hydrogen-bond donors (Lipinski definition) is 1. The molecule has 0 saturated carbocycles. The van der Waals surface area contributed by atoms with Crippen LogP contribution in [0.15, 0.2) is 46.7 Å². The SMILES string of the molecule is C[C@H](C(=O)Nc1cccc(S(=O)(=O)N(C)C)c1)N(C)Cc1cccs1. The third-order valence-corrected chi connectivity index (χ3v) is 6.58. The van der Waals surface area contributed by atoms with Gasteiger partial charge in [-0.1, -0.05) is 12.1 Å². The van der Waals surface area contributed by atoms with Gasteiger partial charge in [0.2, 0.25) is 15.9 Å². The van der Waals surface area contributed by atoms with E-state index in [1.165, 1.54) is 31.1 Å². The molecule has 136 valence electrons. The normalized spacial score (nSPS) is 13.2. The summed E-state index contributed by atoms with van der Waals surface area (Å²) in [4.78, 5) is 15.7. The Morgan fingerprint density at radius 2 is 1.92 bits per heavy atom. The van der Waals surface area contributed by atoms with Crippen LogP contribution >= 0.6 is 11.3 Å². The number of nitrogens with one attached hydrogen (secondary N) is 1. The molecule has 1 aromatic carbocycles. The average molecular weight is 382 g/mol. The van der Waals surface area contributed by atoms with E-state index < -0.39 is 10.0 Å². The lowest BCUT2D eigenvalue weighted by atomic mass is 10.2. The zero-order valence-corrected chi connectivity index (χ0v) is 16.4. The number of carbonyl (C=O) groups is 1. The summed E-state index contributed by atoms with van der Waals surface area (Å²) < 4.78 is 25.5. The minimum absolute atomic E-state index is 0.148. The molecule has 0 aliphatic heterocycles. The number of hydrogen-bond acceptors (Lipinski definition) is 5. The van der Waals surface area contributed by atoms with Gasteiger partial charge in [-0.15, -0.1) is 11.3 Å². The van der Waals surface area contributed by atoms with Crippen molar-refractivity contribution in [2.24, 2.45) is 0 Å².